The van der Waals surface area contributed by atoms with E-state index < -0.39 is 0 Å². The van der Waals surface area contributed by atoms with Gasteiger partial charge in [0.15, 0.2) is 0 Å². The van der Waals surface area contributed by atoms with Gasteiger partial charge in [0.2, 0.25) is 5.91 Å². The van der Waals surface area contributed by atoms with Crippen molar-refractivity contribution >= 4 is 16.9 Å². The van der Waals surface area contributed by atoms with Gasteiger partial charge in [0.1, 0.15) is 5.58 Å². The van der Waals surface area contributed by atoms with Crippen molar-refractivity contribution in [3.05, 3.63) is 45.8 Å². The van der Waals surface area contributed by atoms with Crippen molar-refractivity contribution in [2.24, 2.45) is 5.92 Å². The van der Waals surface area contributed by atoms with Crippen LogP contribution in [0, 0.1) is 5.92 Å². The molecule has 128 valence electrons. The highest BCUT2D eigenvalue weighted by Crippen LogP contribution is 2.23. The molecule has 3 rings (SSSR count). The lowest BCUT2D eigenvalue weighted by atomic mass is 10.1. The standard InChI is InChI=1S/C19H24N2O3/c1-3-14-4-5-17-16(9-19(23)24-18(17)8-14)12-21-7-6-15(11-21)10-20-13(2)22/h4-5,8-9,15H,3,6-7,10-12H2,1-2H3,(H,20,22)/t15-/m0/s1. The summed E-state index contributed by atoms with van der Waals surface area (Å²) in [6.45, 7) is 7.02. The smallest absolute Gasteiger partial charge is 0.336 e. The van der Waals surface area contributed by atoms with Gasteiger partial charge >= 0.3 is 5.63 Å². The Kier molecular flexibility index (Phi) is 5.00. The molecule has 24 heavy (non-hydrogen) atoms. The third-order valence-corrected chi connectivity index (χ3v) is 4.71. The Morgan fingerprint density at radius 2 is 2.21 bits per heavy atom. The molecule has 1 aliphatic heterocycles. The molecule has 0 aliphatic carbocycles. The van der Waals surface area contributed by atoms with Gasteiger partial charge in [0.05, 0.1) is 0 Å². The van der Waals surface area contributed by atoms with Crippen LogP contribution in [0.4, 0.5) is 0 Å². The number of carbonyl (C=O) groups excluding carboxylic acids is 1. The van der Waals surface area contributed by atoms with Crippen molar-refractivity contribution in [3.63, 3.8) is 0 Å². The van der Waals surface area contributed by atoms with E-state index in [2.05, 4.69) is 29.3 Å². The van der Waals surface area contributed by atoms with E-state index in [1.807, 2.05) is 6.07 Å². The first-order valence-corrected chi connectivity index (χ1v) is 8.57. The maximum Gasteiger partial charge on any atom is 0.336 e. The zero-order valence-electron chi connectivity index (χ0n) is 14.3. The molecule has 1 atom stereocenters. The van der Waals surface area contributed by atoms with E-state index in [0.717, 1.165) is 50.0 Å². The summed E-state index contributed by atoms with van der Waals surface area (Å²) >= 11 is 0. The summed E-state index contributed by atoms with van der Waals surface area (Å²) in [5, 5.41) is 3.90. The molecule has 5 nitrogen and oxygen atoms in total. The van der Waals surface area contributed by atoms with Crippen molar-refractivity contribution in [2.45, 2.75) is 33.2 Å². The summed E-state index contributed by atoms with van der Waals surface area (Å²) in [5.74, 6) is 0.499. The number of hydrogen-bond donors (Lipinski definition) is 1. The second-order valence-electron chi connectivity index (χ2n) is 6.60. The number of fused-ring (bicyclic) bond motifs is 1. The molecule has 0 saturated carbocycles. The van der Waals surface area contributed by atoms with Crippen molar-refractivity contribution in [3.8, 4) is 0 Å². The molecule has 0 bridgehead atoms. The molecular formula is C19H24N2O3. The average Bonchev–Trinajstić information content (AvgIpc) is 2.99. The zero-order valence-corrected chi connectivity index (χ0v) is 14.3. The van der Waals surface area contributed by atoms with Crippen LogP contribution in [0.1, 0.15) is 31.4 Å². The Morgan fingerprint density at radius 1 is 1.38 bits per heavy atom. The Labute approximate surface area is 141 Å². The van der Waals surface area contributed by atoms with Crippen LogP contribution in [0.15, 0.2) is 33.5 Å². The molecule has 1 aliphatic rings. The van der Waals surface area contributed by atoms with Crippen LogP contribution in [0.25, 0.3) is 11.0 Å². The quantitative estimate of drug-likeness (QED) is 0.856. The minimum Gasteiger partial charge on any atom is -0.423 e. The Bertz CT molecular complexity index is 797. The van der Waals surface area contributed by atoms with Gasteiger partial charge in [-0.3, -0.25) is 9.69 Å². The van der Waals surface area contributed by atoms with Crippen LogP contribution in [0.3, 0.4) is 0 Å². The maximum absolute atomic E-state index is 11.9. The third kappa shape index (κ3) is 3.85. The van der Waals surface area contributed by atoms with Crippen molar-refractivity contribution in [1.29, 1.82) is 0 Å². The monoisotopic (exact) mass is 328 g/mol. The number of nitrogens with one attached hydrogen (secondary N) is 1. The Hall–Kier alpha value is -2.14. The lowest BCUT2D eigenvalue weighted by Gasteiger charge is -2.17. The SMILES string of the molecule is CCc1ccc2c(CN3CC[C@@H](CNC(C)=O)C3)cc(=O)oc2c1. The van der Waals surface area contributed by atoms with Gasteiger partial charge in [0, 0.05) is 38.0 Å². The molecule has 2 heterocycles. The third-order valence-electron chi connectivity index (χ3n) is 4.71. The fourth-order valence-corrected chi connectivity index (χ4v) is 3.38. The first-order valence-electron chi connectivity index (χ1n) is 8.57. The van der Waals surface area contributed by atoms with E-state index in [0.29, 0.717) is 11.5 Å². The number of hydrogen-bond acceptors (Lipinski definition) is 4. The predicted octanol–water partition coefficient (Wildman–Crippen LogP) is 2.31. The van der Waals surface area contributed by atoms with Crippen molar-refractivity contribution in [2.75, 3.05) is 19.6 Å². The van der Waals surface area contributed by atoms with Gasteiger partial charge in [0.25, 0.3) is 0 Å². The summed E-state index contributed by atoms with van der Waals surface area (Å²) < 4.78 is 5.37. The highest BCUT2D eigenvalue weighted by molar-refractivity contribution is 5.80. The number of rotatable bonds is 5. The van der Waals surface area contributed by atoms with Crippen LogP contribution in [0.5, 0.6) is 0 Å². The second kappa shape index (κ2) is 7.18. The highest BCUT2D eigenvalue weighted by Gasteiger charge is 2.23. The topological polar surface area (TPSA) is 62.6 Å². The van der Waals surface area contributed by atoms with Crippen molar-refractivity contribution < 1.29 is 9.21 Å². The molecule has 5 heteroatoms. The lowest BCUT2D eigenvalue weighted by molar-refractivity contribution is -0.119. The summed E-state index contributed by atoms with van der Waals surface area (Å²) in [4.78, 5) is 25.3. The number of carbonyl (C=O) groups is 1. The van der Waals surface area contributed by atoms with E-state index in [1.54, 1.807) is 13.0 Å². The molecule has 1 aromatic carbocycles. The first kappa shape index (κ1) is 16.7. The number of nitrogens with zero attached hydrogens (tertiary/aromatic N) is 1. The molecule has 1 N–H and O–H groups in total. The number of benzene rings is 1. The maximum atomic E-state index is 11.9. The van der Waals surface area contributed by atoms with E-state index in [1.165, 1.54) is 5.56 Å². The van der Waals surface area contributed by atoms with E-state index in [9.17, 15) is 9.59 Å². The van der Waals surface area contributed by atoms with Crippen LogP contribution < -0.4 is 10.9 Å². The van der Waals surface area contributed by atoms with Gasteiger partial charge in [-0.2, -0.15) is 0 Å². The number of aryl methyl sites for hydroxylation is 1. The summed E-state index contributed by atoms with van der Waals surface area (Å²) in [6.07, 6.45) is 1.99. The van der Waals surface area contributed by atoms with Gasteiger partial charge in [-0.25, -0.2) is 4.79 Å². The summed E-state index contributed by atoms with van der Waals surface area (Å²) in [5.41, 5.74) is 2.56. The average molecular weight is 328 g/mol. The molecule has 1 fully saturated rings. The molecule has 1 aromatic heterocycles. The molecule has 0 spiro atoms. The minimum atomic E-state index is -0.292. The zero-order chi connectivity index (χ0) is 17.1. The van der Waals surface area contributed by atoms with E-state index in [-0.39, 0.29) is 11.5 Å². The van der Waals surface area contributed by atoms with E-state index in [4.69, 9.17) is 4.42 Å². The molecule has 2 aromatic rings. The lowest BCUT2D eigenvalue weighted by Crippen LogP contribution is -2.29. The van der Waals surface area contributed by atoms with Gasteiger partial charge in [-0.05, 0) is 42.5 Å². The fraction of sp³-hybridized carbons (Fsp3) is 0.474. The first-order chi connectivity index (χ1) is 11.5. The van der Waals surface area contributed by atoms with Crippen LogP contribution in [0.2, 0.25) is 0 Å². The Balaban J connectivity index is 1.76. The van der Waals surface area contributed by atoms with Crippen LogP contribution >= 0.6 is 0 Å². The van der Waals surface area contributed by atoms with Crippen LogP contribution in [-0.2, 0) is 17.8 Å². The molecular weight excluding hydrogens is 304 g/mol. The van der Waals surface area contributed by atoms with Gasteiger partial charge < -0.3 is 9.73 Å². The highest BCUT2D eigenvalue weighted by atomic mass is 16.4. The van der Waals surface area contributed by atoms with Crippen molar-refractivity contribution in [1.82, 2.24) is 10.2 Å². The second-order valence-corrected chi connectivity index (χ2v) is 6.60. The molecule has 1 saturated heterocycles. The largest absolute Gasteiger partial charge is 0.423 e. The van der Waals surface area contributed by atoms with Crippen LogP contribution in [-0.4, -0.2) is 30.4 Å². The normalized spacial score (nSPS) is 18.2. The molecule has 1 amide bonds. The Morgan fingerprint density at radius 3 is 2.96 bits per heavy atom. The minimum absolute atomic E-state index is 0.0202. The van der Waals surface area contributed by atoms with Gasteiger partial charge in [-0.15, -0.1) is 0 Å². The summed E-state index contributed by atoms with van der Waals surface area (Å²) in [6, 6.07) is 7.71. The molecule has 0 unspecified atom stereocenters. The number of amides is 1. The fourth-order valence-electron chi connectivity index (χ4n) is 3.38. The number of likely N-dealkylation sites (tertiary alicyclic amines) is 1. The predicted molar refractivity (Wildman–Crippen MR) is 93.9 cm³/mol. The van der Waals surface area contributed by atoms with E-state index >= 15 is 0 Å². The molecule has 0 radical (unpaired) electrons. The van der Waals surface area contributed by atoms with Gasteiger partial charge in [-0.1, -0.05) is 19.1 Å². The summed E-state index contributed by atoms with van der Waals surface area (Å²) in [7, 11) is 0.